The number of rotatable bonds is 2. The molecule has 1 aliphatic rings. The average molecular weight is 438 g/mol. The minimum absolute atomic E-state index is 0.0306. The fourth-order valence-corrected chi connectivity index (χ4v) is 4.35. The summed E-state index contributed by atoms with van der Waals surface area (Å²) in [5.74, 6) is -0.0306. The number of nitrogens with zero attached hydrogens (tertiary/aromatic N) is 4. The van der Waals surface area contributed by atoms with Crippen molar-refractivity contribution in [1.82, 2.24) is 14.9 Å². The van der Waals surface area contributed by atoms with Crippen LogP contribution in [0, 0.1) is 0 Å². The number of amides is 1. The van der Waals surface area contributed by atoms with Gasteiger partial charge in [0.05, 0.1) is 10.6 Å². The quantitative estimate of drug-likeness (QED) is 0.606. The monoisotopic (exact) mass is 436 g/mol. The molecule has 0 N–H and O–H groups in total. The molecule has 0 saturated carbocycles. The van der Waals surface area contributed by atoms with Gasteiger partial charge >= 0.3 is 0 Å². The molecule has 0 radical (unpaired) electrons. The molecule has 1 amide bonds. The third kappa shape index (κ3) is 3.36. The van der Waals surface area contributed by atoms with Crippen LogP contribution in [0.3, 0.4) is 0 Å². The molecule has 5 nitrogen and oxygen atoms in total. The van der Waals surface area contributed by atoms with Gasteiger partial charge in [-0.25, -0.2) is 9.97 Å². The highest BCUT2D eigenvalue weighted by atomic mass is 79.9. The van der Waals surface area contributed by atoms with Gasteiger partial charge in [0.15, 0.2) is 5.13 Å². The van der Waals surface area contributed by atoms with E-state index in [1.807, 2.05) is 23.1 Å². The molecule has 0 atom stereocenters. The highest BCUT2D eigenvalue weighted by Crippen LogP contribution is 2.28. The van der Waals surface area contributed by atoms with Crippen LogP contribution in [0.5, 0.6) is 0 Å². The first-order valence-corrected chi connectivity index (χ1v) is 9.81. The van der Waals surface area contributed by atoms with Crippen LogP contribution < -0.4 is 4.90 Å². The molecule has 25 heavy (non-hydrogen) atoms. The number of piperazine rings is 1. The van der Waals surface area contributed by atoms with Gasteiger partial charge in [-0.1, -0.05) is 38.9 Å². The summed E-state index contributed by atoms with van der Waals surface area (Å²) in [6.45, 7) is 2.78. The van der Waals surface area contributed by atoms with Crippen LogP contribution in [0.4, 0.5) is 5.13 Å². The lowest BCUT2D eigenvalue weighted by molar-refractivity contribution is 0.0747. The normalized spacial score (nSPS) is 15.0. The highest BCUT2D eigenvalue weighted by Gasteiger charge is 2.25. The third-order valence-electron chi connectivity index (χ3n) is 4.15. The van der Waals surface area contributed by atoms with E-state index in [0.29, 0.717) is 23.7 Å². The Kier molecular flexibility index (Phi) is 4.62. The van der Waals surface area contributed by atoms with Gasteiger partial charge in [-0.05, 0) is 30.3 Å². The van der Waals surface area contributed by atoms with Crippen molar-refractivity contribution in [3.63, 3.8) is 0 Å². The first kappa shape index (κ1) is 16.8. The van der Waals surface area contributed by atoms with E-state index >= 15 is 0 Å². The van der Waals surface area contributed by atoms with Crippen LogP contribution in [-0.4, -0.2) is 47.0 Å². The van der Waals surface area contributed by atoms with Gasteiger partial charge in [0.25, 0.3) is 5.91 Å². The number of anilines is 1. The number of benzene rings is 1. The fraction of sp³-hybridized carbons (Fsp3) is 0.235. The zero-order valence-electron chi connectivity index (χ0n) is 13.2. The summed E-state index contributed by atoms with van der Waals surface area (Å²) in [5.41, 5.74) is 1.45. The second-order valence-electron chi connectivity index (χ2n) is 5.73. The predicted molar refractivity (Wildman–Crippen MR) is 105 cm³/mol. The van der Waals surface area contributed by atoms with Gasteiger partial charge in [0, 0.05) is 36.8 Å². The predicted octanol–water partition coefficient (Wildman–Crippen LogP) is 4.07. The van der Waals surface area contributed by atoms with Crippen LogP contribution in [-0.2, 0) is 0 Å². The smallest absolute Gasteiger partial charge is 0.255 e. The maximum atomic E-state index is 12.7. The molecule has 1 aliphatic heterocycles. The number of carbonyl (C=O) groups excluding carboxylic acids is 1. The molecule has 3 heterocycles. The number of thiazole rings is 1. The number of pyridine rings is 1. The van der Waals surface area contributed by atoms with Crippen LogP contribution >= 0.6 is 38.9 Å². The molecule has 3 aromatic rings. The standard InChI is InChI=1S/C17H14BrClN4OS/c18-11-3-4-13(19)12(10-11)16(24)22-6-8-23(9-7-22)17-21-14-2-1-5-20-15(14)25-17/h1-5,10H,6-9H2. The van der Waals surface area contributed by atoms with Gasteiger partial charge < -0.3 is 9.80 Å². The van der Waals surface area contributed by atoms with Crippen molar-refractivity contribution in [1.29, 1.82) is 0 Å². The van der Waals surface area contributed by atoms with E-state index < -0.39 is 0 Å². The lowest BCUT2D eigenvalue weighted by Gasteiger charge is -2.34. The average Bonchev–Trinajstić information content (AvgIpc) is 3.07. The summed E-state index contributed by atoms with van der Waals surface area (Å²) >= 11 is 11.2. The number of halogens is 2. The second kappa shape index (κ2) is 6.90. The zero-order chi connectivity index (χ0) is 17.4. The molecule has 4 rings (SSSR count). The minimum Gasteiger partial charge on any atom is -0.344 e. The van der Waals surface area contributed by atoms with Crippen molar-refractivity contribution in [2.75, 3.05) is 31.1 Å². The Morgan fingerprint density at radius 3 is 2.76 bits per heavy atom. The van der Waals surface area contributed by atoms with Crippen LogP contribution in [0.2, 0.25) is 5.02 Å². The number of hydrogen-bond acceptors (Lipinski definition) is 5. The Morgan fingerprint density at radius 1 is 1.20 bits per heavy atom. The number of carbonyl (C=O) groups is 1. The zero-order valence-corrected chi connectivity index (χ0v) is 16.3. The molecule has 1 fully saturated rings. The van der Waals surface area contributed by atoms with Crippen molar-refractivity contribution < 1.29 is 4.79 Å². The number of fused-ring (bicyclic) bond motifs is 1. The summed E-state index contributed by atoms with van der Waals surface area (Å²) in [6, 6.07) is 9.21. The van der Waals surface area contributed by atoms with E-state index in [9.17, 15) is 4.79 Å². The molecule has 0 spiro atoms. The molecular formula is C17H14BrClN4OS. The molecule has 8 heteroatoms. The van der Waals surface area contributed by atoms with Gasteiger partial charge in [0.2, 0.25) is 0 Å². The third-order valence-corrected chi connectivity index (χ3v) is 6.01. The summed E-state index contributed by atoms with van der Waals surface area (Å²) in [4.78, 5) is 26.7. The van der Waals surface area contributed by atoms with Gasteiger partial charge in [-0.2, -0.15) is 0 Å². The summed E-state index contributed by atoms with van der Waals surface area (Å²) in [5, 5.41) is 1.44. The maximum absolute atomic E-state index is 12.7. The Morgan fingerprint density at radius 2 is 2.00 bits per heavy atom. The van der Waals surface area contributed by atoms with Crippen molar-refractivity contribution >= 4 is 60.3 Å². The first-order chi connectivity index (χ1) is 12.1. The SMILES string of the molecule is O=C(c1cc(Br)ccc1Cl)N1CCN(c2nc3cccnc3s2)CC1. The number of hydrogen-bond donors (Lipinski definition) is 0. The van der Waals surface area contributed by atoms with Crippen molar-refractivity contribution in [2.24, 2.45) is 0 Å². The van der Waals surface area contributed by atoms with Crippen molar-refractivity contribution in [2.45, 2.75) is 0 Å². The molecule has 2 aromatic heterocycles. The van der Waals surface area contributed by atoms with E-state index in [1.165, 1.54) is 0 Å². The fourth-order valence-electron chi connectivity index (χ4n) is 2.83. The van der Waals surface area contributed by atoms with Crippen molar-refractivity contribution in [3.05, 3.63) is 51.6 Å². The Labute approximate surface area is 162 Å². The van der Waals surface area contributed by atoms with Gasteiger partial charge in [-0.3, -0.25) is 4.79 Å². The van der Waals surface area contributed by atoms with Crippen LogP contribution in [0.1, 0.15) is 10.4 Å². The minimum atomic E-state index is -0.0306. The number of aromatic nitrogens is 2. The molecular weight excluding hydrogens is 424 g/mol. The van der Waals surface area contributed by atoms with E-state index in [-0.39, 0.29) is 5.91 Å². The lowest BCUT2D eigenvalue weighted by Crippen LogP contribution is -2.48. The molecule has 0 unspecified atom stereocenters. The van der Waals surface area contributed by atoms with Crippen LogP contribution in [0.25, 0.3) is 10.3 Å². The van der Waals surface area contributed by atoms with Gasteiger partial charge in [-0.15, -0.1) is 0 Å². The highest BCUT2D eigenvalue weighted by molar-refractivity contribution is 9.10. The first-order valence-electron chi connectivity index (χ1n) is 7.82. The lowest BCUT2D eigenvalue weighted by atomic mass is 10.2. The van der Waals surface area contributed by atoms with E-state index in [4.69, 9.17) is 11.6 Å². The Bertz CT molecular complexity index is 906. The molecule has 128 valence electrons. The summed E-state index contributed by atoms with van der Waals surface area (Å²) in [6.07, 6.45) is 1.78. The van der Waals surface area contributed by atoms with Crippen LogP contribution in [0.15, 0.2) is 41.0 Å². The largest absolute Gasteiger partial charge is 0.344 e. The van der Waals surface area contributed by atoms with E-state index in [1.54, 1.807) is 29.7 Å². The maximum Gasteiger partial charge on any atom is 0.255 e. The van der Waals surface area contributed by atoms with E-state index in [2.05, 4.69) is 30.8 Å². The Balaban J connectivity index is 1.47. The molecule has 0 bridgehead atoms. The molecule has 1 saturated heterocycles. The van der Waals surface area contributed by atoms with Crippen molar-refractivity contribution in [3.8, 4) is 0 Å². The second-order valence-corrected chi connectivity index (χ2v) is 8.01. The Hall–Kier alpha value is -1.70. The molecule has 1 aromatic carbocycles. The van der Waals surface area contributed by atoms with Gasteiger partial charge in [0.1, 0.15) is 10.3 Å². The topological polar surface area (TPSA) is 49.3 Å². The molecule has 0 aliphatic carbocycles. The summed E-state index contributed by atoms with van der Waals surface area (Å²) < 4.78 is 0.848. The van der Waals surface area contributed by atoms with E-state index in [0.717, 1.165) is 33.0 Å². The summed E-state index contributed by atoms with van der Waals surface area (Å²) in [7, 11) is 0.